The second kappa shape index (κ2) is 14.5. The Morgan fingerprint density at radius 1 is 1.13 bits per heavy atom. The Morgan fingerprint density at radius 3 is 2.64 bits per heavy atom. The van der Waals surface area contributed by atoms with E-state index in [9.17, 15) is 14.7 Å². The zero-order valence-corrected chi connectivity index (χ0v) is 26.9. The van der Waals surface area contributed by atoms with Crippen molar-refractivity contribution >= 4 is 64.0 Å². The van der Waals surface area contributed by atoms with Crippen LogP contribution in [0, 0.1) is 0 Å². The van der Waals surface area contributed by atoms with Gasteiger partial charge in [-0.2, -0.15) is 5.10 Å². The summed E-state index contributed by atoms with van der Waals surface area (Å²) in [6.07, 6.45) is 0.899. The average Bonchev–Trinajstić information content (AvgIpc) is 3.03. The number of fused-ring (bicyclic) bond motifs is 1. The van der Waals surface area contributed by atoms with Crippen LogP contribution in [0.15, 0.2) is 75.8 Å². The topological polar surface area (TPSA) is 137 Å². The number of ether oxygens (including phenoxy) is 1. The van der Waals surface area contributed by atoms with Gasteiger partial charge in [0.1, 0.15) is 12.9 Å². The third-order valence-corrected chi connectivity index (χ3v) is 8.98. The van der Waals surface area contributed by atoms with Crippen LogP contribution in [0.5, 0.6) is 5.75 Å². The molecule has 2 aliphatic rings. The SMILES string of the molecule is CO/N=C1\N(C)c2cc(CNCCNC(=O)COc3ccc(C4=NNC(=O)CC4)cc3Cl)ccc2SC1(O)c1ccc(Cl)cc1. The number of amides is 2. The zero-order valence-electron chi connectivity index (χ0n) is 24.6. The Morgan fingerprint density at radius 2 is 1.93 bits per heavy atom. The zero-order chi connectivity index (χ0) is 32.0. The number of halogens is 2. The van der Waals surface area contributed by atoms with Crippen LogP contribution in [0.3, 0.4) is 0 Å². The van der Waals surface area contributed by atoms with Crippen LogP contribution in [0.1, 0.15) is 29.5 Å². The molecule has 5 rings (SSSR count). The molecule has 0 aliphatic carbocycles. The summed E-state index contributed by atoms with van der Waals surface area (Å²) < 4.78 is 5.60. The van der Waals surface area contributed by atoms with Crippen molar-refractivity contribution < 1.29 is 24.3 Å². The highest BCUT2D eigenvalue weighted by molar-refractivity contribution is 8.01. The van der Waals surface area contributed by atoms with Gasteiger partial charge in [0.2, 0.25) is 10.8 Å². The summed E-state index contributed by atoms with van der Waals surface area (Å²) >= 11 is 13.7. The van der Waals surface area contributed by atoms with E-state index in [0.29, 0.717) is 59.7 Å². The van der Waals surface area contributed by atoms with Crippen molar-refractivity contribution in [3.63, 3.8) is 0 Å². The number of carbonyl (C=O) groups excluding carboxylic acids is 2. The first kappa shape index (κ1) is 32.6. The Hall–Kier alpha value is -3.81. The van der Waals surface area contributed by atoms with Crippen molar-refractivity contribution in [2.75, 3.05) is 38.8 Å². The van der Waals surface area contributed by atoms with Gasteiger partial charge in [-0.15, -0.1) is 0 Å². The number of amidine groups is 1. The van der Waals surface area contributed by atoms with Gasteiger partial charge in [-0.05, 0) is 53.6 Å². The normalized spacial score (nSPS) is 18.6. The van der Waals surface area contributed by atoms with Crippen molar-refractivity contribution in [1.29, 1.82) is 0 Å². The molecule has 0 radical (unpaired) electrons. The van der Waals surface area contributed by atoms with E-state index in [4.69, 9.17) is 32.8 Å². The smallest absolute Gasteiger partial charge is 0.257 e. The van der Waals surface area contributed by atoms with Crippen molar-refractivity contribution in [3.05, 3.63) is 87.4 Å². The number of thioether (sulfide) groups is 1. The monoisotopic (exact) mass is 670 g/mol. The van der Waals surface area contributed by atoms with Gasteiger partial charge in [-0.25, -0.2) is 5.43 Å². The van der Waals surface area contributed by atoms with Crippen LogP contribution in [0.2, 0.25) is 10.0 Å². The number of rotatable bonds is 11. The van der Waals surface area contributed by atoms with Gasteiger partial charge in [0, 0.05) is 55.0 Å². The molecule has 3 aromatic carbocycles. The van der Waals surface area contributed by atoms with E-state index in [-0.39, 0.29) is 18.4 Å². The quantitative estimate of drug-likeness (QED) is 0.176. The maximum atomic E-state index is 12.3. The third-order valence-electron chi connectivity index (χ3n) is 7.16. The molecule has 11 nitrogen and oxygen atoms in total. The molecular formula is C31H32Cl2N6O5S. The molecule has 0 bridgehead atoms. The number of benzene rings is 3. The molecule has 1 atom stereocenters. The van der Waals surface area contributed by atoms with Gasteiger partial charge in [0.25, 0.3) is 5.91 Å². The fraction of sp³-hybridized carbons (Fsp3) is 0.290. The van der Waals surface area contributed by atoms with E-state index in [1.807, 2.05) is 30.1 Å². The summed E-state index contributed by atoms with van der Waals surface area (Å²) in [4.78, 5) is 30.0. The van der Waals surface area contributed by atoms with Gasteiger partial charge < -0.3 is 30.2 Å². The molecule has 0 spiro atoms. The highest BCUT2D eigenvalue weighted by Gasteiger charge is 2.45. The molecule has 0 saturated heterocycles. The summed E-state index contributed by atoms with van der Waals surface area (Å²) in [6.45, 7) is 1.32. The summed E-state index contributed by atoms with van der Waals surface area (Å²) in [5, 5.41) is 27.0. The first-order valence-electron chi connectivity index (χ1n) is 14.1. The molecule has 2 aliphatic heterocycles. The minimum absolute atomic E-state index is 0.116. The van der Waals surface area contributed by atoms with Crippen LogP contribution >= 0.6 is 35.0 Å². The molecule has 0 fully saturated rings. The Kier molecular flexibility index (Phi) is 10.5. The van der Waals surface area contributed by atoms with E-state index in [2.05, 4.69) is 26.3 Å². The molecule has 0 aromatic heterocycles. The van der Waals surface area contributed by atoms with Gasteiger partial charge in [-0.1, -0.05) is 58.3 Å². The summed E-state index contributed by atoms with van der Waals surface area (Å²) in [5.74, 6) is 0.331. The number of hydrogen-bond donors (Lipinski definition) is 4. The summed E-state index contributed by atoms with van der Waals surface area (Å²) in [5.41, 5.74) is 6.52. The number of aliphatic hydroxyl groups is 1. The van der Waals surface area contributed by atoms with Crippen LogP contribution in [0.4, 0.5) is 5.69 Å². The molecule has 0 saturated carbocycles. The minimum atomic E-state index is -1.47. The van der Waals surface area contributed by atoms with Gasteiger partial charge >= 0.3 is 0 Å². The number of carbonyl (C=O) groups is 2. The maximum absolute atomic E-state index is 12.3. The average molecular weight is 672 g/mol. The fourth-order valence-electron chi connectivity index (χ4n) is 4.84. The lowest BCUT2D eigenvalue weighted by Gasteiger charge is -2.39. The second-order valence-corrected chi connectivity index (χ2v) is 12.3. The number of oxime groups is 1. The largest absolute Gasteiger partial charge is 0.482 e. The standard InChI is InChI=1S/C31H32Cl2N6O5S/c1-39-25-15-19(3-11-27(25)45-31(42,30(39)38-43-2)21-5-7-22(32)8-6-21)17-34-13-14-35-29(41)18-44-26-10-4-20(16-23(26)33)24-9-12-28(40)37-36-24/h3-8,10-11,15-16,34,42H,9,12-14,17-18H2,1-2H3,(H,35,41)(H,37,40)/b38-30-. The van der Waals surface area contributed by atoms with E-state index >= 15 is 0 Å². The third kappa shape index (κ3) is 7.71. The number of hydrogen-bond acceptors (Lipinski definition) is 9. The summed E-state index contributed by atoms with van der Waals surface area (Å²) in [6, 6.07) is 18.2. The van der Waals surface area contributed by atoms with Crippen LogP contribution in [0.25, 0.3) is 0 Å². The second-order valence-electron chi connectivity index (χ2n) is 10.3. The molecule has 4 N–H and O–H groups in total. The van der Waals surface area contributed by atoms with Crippen LogP contribution < -0.4 is 25.7 Å². The van der Waals surface area contributed by atoms with Crippen molar-refractivity contribution in [3.8, 4) is 5.75 Å². The van der Waals surface area contributed by atoms with E-state index in [0.717, 1.165) is 27.4 Å². The first-order valence-corrected chi connectivity index (χ1v) is 15.7. The maximum Gasteiger partial charge on any atom is 0.257 e. The Labute approximate surface area is 274 Å². The first-order chi connectivity index (χ1) is 21.7. The predicted octanol–water partition coefficient (Wildman–Crippen LogP) is 4.24. The van der Waals surface area contributed by atoms with Crippen molar-refractivity contribution in [2.45, 2.75) is 29.2 Å². The molecule has 14 heteroatoms. The molecule has 236 valence electrons. The van der Waals surface area contributed by atoms with Gasteiger partial charge in [0.15, 0.2) is 12.4 Å². The number of nitrogens with zero attached hydrogens (tertiary/aromatic N) is 3. The fourth-order valence-corrected chi connectivity index (χ4v) is 6.47. The number of hydrazone groups is 1. The van der Waals surface area contributed by atoms with Crippen molar-refractivity contribution in [1.82, 2.24) is 16.1 Å². The highest BCUT2D eigenvalue weighted by Crippen LogP contribution is 2.49. The van der Waals surface area contributed by atoms with Gasteiger partial charge in [-0.3, -0.25) is 9.59 Å². The molecule has 2 amide bonds. The molecular weight excluding hydrogens is 639 g/mol. The van der Waals surface area contributed by atoms with Crippen molar-refractivity contribution in [2.24, 2.45) is 10.3 Å². The van der Waals surface area contributed by atoms with E-state index in [1.165, 1.54) is 18.9 Å². The lowest BCUT2D eigenvalue weighted by Crippen LogP contribution is -2.46. The lowest BCUT2D eigenvalue weighted by atomic mass is 10.0. The number of nitrogens with one attached hydrogen (secondary N) is 3. The van der Waals surface area contributed by atoms with Crippen LogP contribution in [-0.4, -0.2) is 62.3 Å². The highest BCUT2D eigenvalue weighted by atomic mass is 35.5. The molecule has 3 aromatic rings. The Bertz CT molecular complexity index is 1640. The molecule has 2 heterocycles. The van der Waals surface area contributed by atoms with Crippen LogP contribution in [-0.2, 0) is 25.9 Å². The van der Waals surface area contributed by atoms with Gasteiger partial charge in [0.05, 0.1) is 16.4 Å². The van der Waals surface area contributed by atoms with E-state index in [1.54, 1.807) is 42.5 Å². The Balaban J connectivity index is 1.10. The van der Waals surface area contributed by atoms with E-state index < -0.39 is 4.93 Å². The number of likely N-dealkylation sites (N-methyl/N-ethyl adjacent to an activating group) is 1. The molecule has 45 heavy (non-hydrogen) atoms. The number of anilines is 1. The minimum Gasteiger partial charge on any atom is -0.482 e. The summed E-state index contributed by atoms with van der Waals surface area (Å²) in [7, 11) is 3.28. The lowest BCUT2D eigenvalue weighted by molar-refractivity contribution is -0.123. The molecule has 1 unspecified atom stereocenters. The predicted molar refractivity (Wildman–Crippen MR) is 176 cm³/mol.